The number of aryl methyl sites for hydroxylation is 1. The van der Waals surface area contributed by atoms with Gasteiger partial charge >= 0.3 is 0 Å². The van der Waals surface area contributed by atoms with E-state index in [-0.39, 0.29) is 0 Å². The van der Waals surface area contributed by atoms with Gasteiger partial charge in [-0.3, -0.25) is 0 Å². The first kappa shape index (κ1) is 17.1. The molecular formula is C20H27N5O. The van der Waals surface area contributed by atoms with Gasteiger partial charge < -0.3 is 20.7 Å². The van der Waals surface area contributed by atoms with Crippen LogP contribution in [-0.2, 0) is 11.2 Å². The van der Waals surface area contributed by atoms with Crippen LogP contribution in [0.5, 0.6) is 0 Å². The summed E-state index contributed by atoms with van der Waals surface area (Å²) in [4.78, 5) is 11.2. The topological polar surface area (TPSA) is 76.3 Å². The van der Waals surface area contributed by atoms with E-state index in [9.17, 15) is 0 Å². The molecule has 1 fully saturated rings. The Kier molecular flexibility index (Phi) is 5.20. The zero-order valence-electron chi connectivity index (χ0n) is 15.2. The number of para-hydroxylation sites is 1. The van der Waals surface area contributed by atoms with Crippen molar-refractivity contribution in [2.24, 2.45) is 0 Å². The SMILES string of the molecule is Nc1nc(NCCCN2CCCc3ccccc32)cc([C@H]2CCOC2)n1. The molecule has 0 unspecified atom stereocenters. The molecule has 1 aromatic heterocycles. The summed E-state index contributed by atoms with van der Waals surface area (Å²) in [6.07, 6.45) is 4.49. The fourth-order valence-electron chi connectivity index (χ4n) is 3.88. The molecule has 6 nitrogen and oxygen atoms in total. The second-order valence-corrected chi connectivity index (χ2v) is 7.10. The molecular weight excluding hydrogens is 326 g/mol. The monoisotopic (exact) mass is 353 g/mol. The highest BCUT2D eigenvalue weighted by atomic mass is 16.5. The molecule has 0 amide bonds. The number of fused-ring (bicyclic) bond motifs is 1. The summed E-state index contributed by atoms with van der Waals surface area (Å²) in [7, 11) is 0. The predicted octanol–water partition coefficient (Wildman–Crippen LogP) is 2.82. The van der Waals surface area contributed by atoms with Crippen LogP contribution in [0.2, 0.25) is 0 Å². The highest BCUT2D eigenvalue weighted by Crippen LogP contribution is 2.27. The zero-order valence-corrected chi connectivity index (χ0v) is 15.2. The van der Waals surface area contributed by atoms with E-state index in [1.54, 1.807) is 0 Å². The smallest absolute Gasteiger partial charge is 0.222 e. The van der Waals surface area contributed by atoms with E-state index in [1.165, 1.54) is 24.1 Å². The van der Waals surface area contributed by atoms with Gasteiger partial charge in [-0.1, -0.05) is 18.2 Å². The zero-order chi connectivity index (χ0) is 17.8. The minimum absolute atomic E-state index is 0.335. The number of aromatic nitrogens is 2. The maximum Gasteiger partial charge on any atom is 0.222 e. The molecule has 3 N–H and O–H groups in total. The van der Waals surface area contributed by atoms with E-state index in [4.69, 9.17) is 10.5 Å². The molecule has 0 radical (unpaired) electrons. The first-order chi connectivity index (χ1) is 12.8. The highest BCUT2D eigenvalue weighted by molar-refractivity contribution is 5.55. The number of nitrogen functional groups attached to an aromatic ring is 1. The minimum Gasteiger partial charge on any atom is -0.381 e. The van der Waals surface area contributed by atoms with Crippen LogP contribution in [0.15, 0.2) is 30.3 Å². The summed E-state index contributed by atoms with van der Waals surface area (Å²) in [5.74, 6) is 1.49. The first-order valence-corrected chi connectivity index (χ1v) is 9.58. The Morgan fingerprint density at radius 1 is 1.27 bits per heavy atom. The van der Waals surface area contributed by atoms with Crippen molar-refractivity contribution in [1.29, 1.82) is 0 Å². The van der Waals surface area contributed by atoms with Gasteiger partial charge in [0.1, 0.15) is 5.82 Å². The number of ether oxygens (including phenoxy) is 1. The van der Waals surface area contributed by atoms with Crippen LogP contribution in [-0.4, -0.2) is 42.8 Å². The van der Waals surface area contributed by atoms with Gasteiger partial charge in [0, 0.05) is 43.9 Å². The maximum absolute atomic E-state index is 5.89. The summed E-state index contributed by atoms with van der Waals surface area (Å²) < 4.78 is 5.46. The first-order valence-electron chi connectivity index (χ1n) is 9.58. The van der Waals surface area contributed by atoms with Crippen LogP contribution >= 0.6 is 0 Å². The second kappa shape index (κ2) is 7.91. The standard InChI is InChI=1S/C20H27N5O/c21-20-23-17(16-8-12-26-14-16)13-19(24-20)22-9-4-11-25-10-3-6-15-5-1-2-7-18(15)25/h1-2,5,7,13,16H,3-4,6,8-12,14H2,(H3,21,22,23,24)/t16-/m0/s1. The number of nitrogens with one attached hydrogen (secondary N) is 1. The van der Waals surface area contributed by atoms with Gasteiger partial charge in [0.15, 0.2) is 0 Å². The second-order valence-electron chi connectivity index (χ2n) is 7.10. The molecule has 6 heteroatoms. The van der Waals surface area contributed by atoms with Crippen LogP contribution in [0.3, 0.4) is 0 Å². The molecule has 2 aromatic rings. The summed E-state index contributed by atoms with van der Waals surface area (Å²) in [6, 6.07) is 10.8. The molecule has 0 spiro atoms. The molecule has 3 heterocycles. The van der Waals surface area contributed by atoms with Crippen LogP contribution in [0.25, 0.3) is 0 Å². The van der Waals surface area contributed by atoms with E-state index in [1.807, 2.05) is 6.07 Å². The number of nitrogens with zero attached hydrogens (tertiary/aromatic N) is 3. The van der Waals surface area contributed by atoms with Crippen LogP contribution in [0.1, 0.15) is 36.4 Å². The molecule has 138 valence electrons. The molecule has 0 saturated carbocycles. The van der Waals surface area contributed by atoms with Crippen LogP contribution in [0, 0.1) is 0 Å². The summed E-state index contributed by atoms with van der Waals surface area (Å²) in [5, 5.41) is 3.41. The Hall–Kier alpha value is -2.34. The number of nitrogens with two attached hydrogens (primary N) is 1. The lowest BCUT2D eigenvalue weighted by Crippen LogP contribution is -2.31. The summed E-state index contributed by atoms with van der Waals surface area (Å²) in [6.45, 7) is 4.59. The molecule has 26 heavy (non-hydrogen) atoms. The average Bonchev–Trinajstić information content (AvgIpc) is 3.20. The fraction of sp³-hybridized carbons (Fsp3) is 0.500. The molecule has 1 atom stereocenters. The summed E-state index contributed by atoms with van der Waals surface area (Å²) in [5.41, 5.74) is 9.75. The minimum atomic E-state index is 0.335. The van der Waals surface area contributed by atoms with E-state index in [0.717, 1.165) is 57.2 Å². The van der Waals surface area contributed by atoms with Gasteiger partial charge in [-0.25, -0.2) is 4.98 Å². The maximum atomic E-state index is 5.89. The van der Waals surface area contributed by atoms with Crippen molar-refractivity contribution in [3.63, 3.8) is 0 Å². The molecule has 0 bridgehead atoms. The van der Waals surface area contributed by atoms with Gasteiger partial charge in [0.2, 0.25) is 5.95 Å². The third-order valence-corrected chi connectivity index (χ3v) is 5.23. The molecule has 4 rings (SSSR count). The Morgan fingerprint density at radius 3 is 3.08 bits per heavy atom. The largest absolute Gasteiger partial charge is 0.381 e. The fourth-order valence-corrected chi connectivity index (χ4v) is 3.88. The molecule has 0 aliphatic carbocycles. The van der Waals surface area contributed by atoms with Crippen molar-refractivity contribution in [2.45, 2.75) is 31.6 Å². The van der Waals surface area contributed by atoms with Gasteiger partial charge in [-0.2, -0.15) is 4.98 Å². The van der Waals surface area contributed by atoms with E-state index < -0.39 is 0 Å². The Morgan fingerprint density at radius 2 is 2.19 bits per heavy atom. The Balaban J connectivity index is 1.31. The molecule has 1 aromatic carbocycles. The molecule has 2 aliphatic heterocycles. The average molecular weight is 353 g/mol. The van der Waals surface area contributed by atoms with Crippen molar-refractivity contribution in [1.82, 2.24) is 9.97 Å². The van der Waals surface area contributed by atoms with E-state index in [0.29, 0.717) is 11.9 Å². The van der Waals surface area contributed by atoms with E-state index in [2.05, 4.69) is 44.5 Å². The van der Waals surface area contributed by atoms with Gasteiger partial charge in [0.05, 0.1) is 12.3 Å². The third-order valence-electron chi connectivity index (χ3n) is 5.23. The van der Waals surface area contributed by atoms with Crippen LogP contribution in [0.4, 0.5) is 17.5 Å². The van der Waals surface area contributed by atoms with Crippen LogP contribution < -0.4 is 16.0 Å². The quantitative estimate of drug-likeness (QED) is 0.778. The molecule has 1 saturated heterocycles. The van der Waals surface area contributed by atoms with Crippen molar-refractivity contribution >= 4 is 17.5 Å². The lowest BCUT2D eigenvalue weighted by molar-refractivity contribution is 0.193. The van der Waals surface area contributed by atoms with E-state index >= 15 is 0 Å². The lowest BCUT2D eigenvalue weighted by atomic mass is 10.0. The normalized spacial score (nSPS) is 19.4. The predicted molar refractivity (Wildman–Crippen MR) is 105 cm³/mol. The third kappa shape index (κ3) is 3.90. The van der Waals surface area contributed by atoms with Crippen molar-refractivity contribution in [3.8, 4) is 0 Å². The van der Waals surface area contributed by atoms with Gasteiger partial charge in [0.25, 0.3) is 0 Å². The number of benzene rings is 1. The van der Waals surface area contributed by atoms with Gasteiger partial charge in [-0.05, 0) is 37.3 Å². The van der Waals surface area contributed by atoms with Gasteiger partial charge in [-0.15, -0.1) is 0 Å². The van der Waals surface area contributed by atoms with Crippen molar-refractivity contribution in [2.75, 3.05) is 48.8 Å². The number of rotatable bonds is 6. The highest BCUT2D eigenvalue weighted by Gasteiger charge is 2.20. The number of hydrogen-bond acceptors (Lipinski definition) is 6. The number of hydrogen-bond donors (Lipinski definition) is 2. The Bertz CT molecular complexity index is 745. The lowest BCUT2D eigenvalue weighted by Gasteiger charge is -2.31. The Labute approximate surface area is 154 Å². The molecule has 2 aliphatic rings. The van der Waals surface area contributed by atoms with Crippen molar-refractivity contribution in [3.05, 3.63) is 41.6 Å². The number of anilines is 3. The summed E-state index contributed by atoms with van der Waals surface area (Å²) >= 11 is 0. The van der Waals surface area contributed by atoms with Crippen molar-refractivity contribution < 1.29 is 4.74 Å².